The Balaban J connectivity index is 0.000000675. The van der Waals surface area contributed by atoms with Crippen LogP contribution in [0.15, 0.2) is 40.1 Å². The SMILES string of the molecule is CCN(CCOC)c1cccc(C)c1S(=O)(=O)c1cc(Cl)c(N)cc1Cl.CN(C)S(N)(=O)=O. The number of benzene rings is 2. The molecule has 186 valence electrons. The molecule has 0 fully saturated rings. The van der Waals surface area contributed by atoms with Crippen LogP contribution in [0.25, 0.3) is 0 Å². The van der Waals surface area contributed by atoms with E-state index in [9.17, 15) is 16.8 Å². The predicted octanol–water partition coefficient (Wildman–Crippen LogP) is 2.94. The number of hydrogen-bond acceptors (Lipinski definition) is 7. The third-order valence-electron chi connectivity index (χ3n) is 4.60. The van der Waals surface area contributed by atoms with E-state index in [1.54, 1.807) is 26.2 Å². The minimum absolute atomic E-state index is 0.0426. The molecule has 0 spiro atoms. The lowest BCUT2D eigenvalue weighted by molar-refractivity contribution is 0.205. The maximum Gasteiger partial charge on any atom is 0.276 e. The van der Waals surface area contributed by atoms with Gasteiger partial charge in [0.25, 0.3) is 10.2 Å². The van der Waals surface area contributed by atoms with E-state index in [1.165, 1.54) is 26.2 Å². The van der Waals surface area contributed by atoms with Gasteiger partial charge in [0.15, 0.2) is 0 Å². The van der Waals surface area contributed by atoms with Crippen molar-refractivity contribution in [1.29, 1.82) is 0 Å². The number of nitrogens with zero attached hydrogens (tertiary/aromatic N) is 2. The van der Waals surface area contributed by atoms with E-state index >= 15 is 0 Å². The van der Waals surface area contributed by atoms with Crippen molar-refractivity contribution in [3.05, 3.63) is 45.9 Å². The van der Waals surface area contributed by atoms with Gasteiger partial charge in [-0.1, -0.05) is 35.3 Å². The average Bonchev–Trinajstić information content (AvgIpc) is 2.70. The first-order valence-corrected chi connectivity index (χ1v) is 13.5. The molecule has 4 N–H and O–H groups in total. The molecule has 0 amide bonds. The highest BCUT2D eigenvalue weighted by Gasteiger charge is 2.28. The van der Waals surface area contributed by atoms with E-state index in [0.717, 1.165) is 4.31 Å². The summed E-state index contributed by atoms with van der Waals surface area (Å²) in [5, 5.41) is 4.77. The van der Waals surface area contributed by atoms with Crippen molar-refractivity contribution in [1.82, 2.24) is 4.31 Å². The highest BCUT2D eigenvalue weighted by Crippen LogP contribution is 2.38. The number of nitrogen functional groups attached to an aromatic ring is 1. The van der Waals surface area contributed by atoms with Gasteiger partial charge in [-0.2, -0.15) is 12.7 Å². The fourth-order valence-electron chi connectivity index (χ4n) is 2.75. The van der Waals surface area contributed by atoms with E-state index in [2.05, 4.69) is 5.14 Å². The van der Waals surface area contributed by atoms with Crippen LogP contribution in [0.4, 0.5) is 11.4 Å². The van der Waals surface area contributed by atoms with Crippen LogP contribution in [0.3, 0.4) is 0 Å². The average molecular weight is 542 g/mol. The van der Waals surface area contributed by atoms with Crippen LogP contribution in [0.2, 0.25) is 10.0 Å². The van der Waals surface area contributed by atoms with Crippen molar-refractivity contribution in [3.8, 4) is 0 Å². The summed E-state index contributed by atoms with van der Waals surface area (Å²) in [6.45, 7) is 5.39. The maximum atomic E-state index is 13.4. The first-order chi connectivity index (χ1) is 15.2. The number of hydrogen-bond donors (Lipinski definition) is 2. The smallest absolute Gasteiger partial charge is 0.276 e. The zero-order valence-corrected chi connectivity index (χ0v) is 22.3. The maximum absolute atomic E-state index is 13.4. The lowest BCUT2D eigenvalue weighted by atomic mass is 10.2. The Morgan fingerprint density at radius 3 is 2.12 bits per heavy atom. The van der Waals surface area contributed by atoms with Crippen LogP contribution in [0.1, 0.15) is 12.5 Å². The molecule has 0 aliphatic heterocycles. The van der Waals surface area contributed by atoms with Gasteiger partial charge in [-0.15, -0.1) is 0 Å². The number of aryl methyl sites for hydroxylation is 1. The number of sulfone groups is 1. The number of ether oxygens (including phenoxy) is 1. The van der Waals surface area contributed by atoms with Gasteiger partial charge in [0.1, 0.15) is 0 Å². The third-order valence-corrected chi connectivity index (χ3v) is 8.35. The first kappa shape index (κ1) is 29.4. The second-order valence-electron chi connectivity index (χ2n) is 7.13. The molecule has 2 aromatic rings. The Labute approximate surface area is 206 Å². The molecule has 9 nitrogen and oxygen atoms in total. The standard InChI is InChI=1S/C18H22Cl2N2O3S.C2H8N2O2S/c1-4-22(8-9-25-3)16-7-5-6-12(2)18(16)26(23,24)17-11-13(19)15(21)10-14(17)20;1-4(2)7(3,5)6/h5-7,10-11H,4,8-9,21H2,1-3H3;1-2H3,(H2,3,5,6). The van der Waals surface area contributed by atoms with Gasteiger partial charge in [0.05, 0.1) is 37.8 Å². The van der Waals surface area contributed by atoms with Gasteiger partial charge in [-0.05, 0) is 37.6 Å². The largest absolute Gasteiger partial charge is 0.397 e. The second kappa shape index (κ2) is 12.2. The summed E-state index contributed by atoms with van der Waals surface area (Å²) in [6.07, 6.45) is 0. The molecule has 2 rings (SSSR count). The van der Waals surface area contributed by atoms with Crippen molar-refractivity contribution in [2.24, 2.45) is 5.14 Å². The first-order valence-electron chi connectivity index (χ1n) is 9.71. The Morgan fingerprint density at radius 2 is 1.64 bits per heavy atom. The van der Waals surface area contributed by atoms with Gasteiger partial charge in [-0.3, -0.25) is 0 Å². The summed E-state index contributed by atoms with van der Waals surface area (Å²) in [5.41, 5.74) is 7.19. The molecule has 0 aromatic heterocycles. The fraction of sp³-hybridized carbons (Fsp3) is 0.400. The number of rotatable bonds is 8. The van der Waals surface area contributed by atoms with Crippen LogP contribution in [0.5, 0.6) is 0 Å². The van der Waals surface area contributed by atoms with Gasteiger partial charge >= 0.3 is 0 Å². The van der Waals surface area contributed by atoms with Crippen LogP contribution in [-0.4, -0.2) is 62.0 Å². The van der Waals surface area contributed by atoms with Gasteiger partial charge in [0.2, 0.25) is 9.84 Å². The van der Waals surface area contributed by atoms with Crippen molar-refractivity contribution < 1.29 is 21.6 Å². The number of methoxy groups -OCH3 is 1. The number of anilines is 2. The van der Waals surface area contributed by atoms with Crippen molar-refractivity contribution in [2.75, 3.05) is 51.5 Å². The molecule has 0 atom stereocenters. The molecule has 0 bridgehead atoms. The Bertz CT molecular complexity index is 1170. The molecule has 33 heavy (non-hydrogen) atoms. The normalized spacial score (nSPS) is 11.8. The molecule has 0 heterocycles. The van der Waals surface area contributed by atoms with E-state index in [4.69, 9.17) is 33.7 Å². The lowest BCUT2D eigenvalue weighted by Crippen LogP contribution is -2.29. The highest BCUT2D eigenvalue weighted by molar-refractivity contribution is 7.91. The molecule has 0 aliphatic rings. The summed E-state index contributed by atoms with van der Waals surface area (Å²) in [7, 11) is -2.96. The van der Waals surface area contributed by atoms with Gasteiger partial charge < -0.3 is 15.4 Å². The summed E-state index contributed by atoms with van der Waals surface area (Å²) in [6, 6.07) is 8.03. The summed E-state index contributed by atoms with van der Waals surface area (Å²) in [4.78, 5) is 2.10. The quantitative estimate of drug-likeness (QED) is 0.491. The highest BCUT2D eigenvalue weighted by atomic mass is 35.5. The zero-order chi connectivity index (χ0) is 25.6. The third kappa shape index (κ3) is 7.71. The van der Waals surface area contributed by atoms with E-state index in [0.29, 0.717) is 30.9 Å². The number of nitrogens with two attached hydrogens (primary N) is 2. The minimum atomic E-state index is -3.90. The number of likely N-dealkylation sites (N-methyl/N-ethyl adjacent to an activating group) is 1. The molecular formula is C20H30Cl2N4O5S2. The van der Waals surface area contributed by atoms with Gasteiger partial charge in [-0.25, -0.2) is 13.6 Å². The van der Waals surface area contributed by atoms with E-state index in [-0.39, 0.29) is 25.5 Å². The van der Waals surface area contributed by atoms with Crippen LogP contribution in [0, 0.1) is 6.92 Å². The van der Waals surface area contributed by atoms with Crippen molar-refractivity contribution in [3.63, 3.8) is 0 Å². The van der Waals surface area contributed by atoms with Crippen LogP contribution < -0.4 is 15.8 Å². The summed E-state index contributed by atoms with van der Waals surface area (Å²) < 4.78 is 53.0. The molecular weight excluding hydrogens is 511 g/mol. The van der Waals surface area contributed by atoms with E-state index in [1.807, 2.05) is 17.9 Å². The molecule has 0 radical (unpaired) electrons. The predicted molar refractivity (Wildman–Crippen MR) is 134 cm³/mol. The van der Waals surface area contributed by atoms with Gasteiger partial charge in [0, 0.05) is 34.3 Å². The lowest BCUT2D eigenvalue weighted by Gasteiger charge is -2.26. The molecule has 0 aliphatic carbocycles. The van der Waals surface area contributed by atoms with E-state index < -0.39 is 20.0 Å². The minimum Gasteiger partial charge on any atom is -0.397 e. The monoisotopic (exact) mass is 540 g/mol. The molecule has 13 heteroatoms. The topological polar surface area (TPSA) is 136 Å². The Hall–Kier alpha value is -1.60. The fourth-order valence-corrected chi connectivity index (χ4v) is 5.22. The molecule has 0 unspecified atom stereocenters. The molecule has 0 saturated carbocycles. The van der Waals surface area contributed by atoms with Crippen molar-refractivity contribution in [2.45, 2.75) is 23.6 Å². The Morgan fingerprint density at radius 1 is 1.06 bits per heavy atom. The van der Waals surface area contributed by atoms with Crippen LogP contribution in [-0.2, 0) is 24.8 Å². The summed E-state index contributed by atoms with van der Waals surface area (Å²) in [5.74, 6) is 0. The number of halogens is 2. The van der Waals surface area contributed by atoms with Crippen LogP contribution >= 0.6 is 23.2 Å². The molecule has 2 aromatic carbocycles. The zero-order valence-electron chi connectivity index (χ0n) is 19.2. The van der Waals surface area contributed by atoms with Crippen molar-refractivity contribution >= 4 is 54.6 Å². The Kier molecular flexibility index (Phi) is 10.9. The second-order valence-corrected chi connectivity index (χ2v) is 11.6. The summed E-state index contributed by atoms with van der Waals surface area (Å²) >= 11 is 12.2. The molecule has 0 saturated heterocycles.